The third-order valence-electron chi connectivity index (χ3n) is 7.34. The zero-order valence-electron chi connectivity index (χ0n) is 19.3. The Morgan fingerprint density at radius 1 is 0.724 bits per heavy atom. The summed E-state index contributed by atoms with van der Waals surface area (Å²) in [5, 5.41) is 0. The first-order valence-corrected chi connectivity index (χ1v) is 12.4. The summed E-state index contributed by atoms with van der Waals surface area (Å²) in [5.74, 6) is 2.27. The molecule has 2 aromatic rings. The Hall–Kier alpha value is -1.56. The molecule has 0 fully saturated rings. The smallest absolute Gasteiger partial charge is 0.0107 e. The van der Waals surface area contributed by atoms with E-state index in [0.29, 0.717) is 5.92 Å². The van der Waals surface area contributed by atoms with Crippen LogP contribution in [0, 0.1) is 11.8 Å². The Morgan fingerprint density at radius 2 is 1.38 bits per heavy atom. The Kier molecular flexibility index (Phi) is 8.40. The van der Waals surface area contributed by atoms with E-state index in [9.17, 15) is 0 Å². The molecule has 0 radical (unpaired) electrons. The molecule has 3 atom stereocenters. The van der Waals surface area contributed by atoms with Gasteiger partial charge < -0.3 is 0 Å². The van der Waals surface area contributed by atoms with Gasteiger partial charge >= 0.3 is 0 Å². The van der Waals surface area contributed by atoms with E-state index in [1.807, 2.05) is 0 Å². The van der Waals surface area contributed by atoms with Crippen LogP contribution in [0.15, 0.2) is 42.5 Å². The molecule has 0 aromatic heterocycles. The normalized spacial score (nSPS) is 17.0. The van der Waals surface area contributed by atoms with Crippen LogP contribution >= 0.6 is 0 Å². The van der Waals surface area contributed by atoms with Crippen molar-refractivity contribution >= 4 is 0 Å². The fourth-order valence-corrected chi connectivity index (χ4v) is 5.45. The van der Waals surface area contributed by atoms with Gasteiger partial charge in [-0.3, -0.25) is 0 Å². The summed E-state index contributed by atoms with van der Waals surface area (Å²) < 4.78 is 0. The fourth-order valence-electron chi connectivity index (χ4n) is 5.45. The van der Waals surface area contributed by atoms with E-state index in [4.69, 9.17) is 0 Å². The summed E-state index contributed by atoms with van der Waals surface area (Å²) in [7, 11) is 0. The number of hydrogen-bond donors (Lipinski definition) is 0. The van der Waals surface area contributed by atoms with Crippen LogP contribution < -0.4 is 0 Å². The summed E-state index contributed by atoms with van der Waals surface area (Å²) in [6.07, 6.45) is 13.3. The van der Waals surface area contributed by atoms with Crippen LogP contribution in [0.25, 0.3) is 11.1 Å². The maximum atomic E-state index is 2.44. The molecule has 0 aliphatic heterocycles. The van der Waals surface area contributed by atoms with E-state index in [0.717, 1.165) is 11.8 Å². The van der Waals surface area contributed by atoms with Crippen LogP contribution in [0.4, 0.5) is 0 Å². The molecule has 0 amide bonds. The topological polar surface area (TPSA) is 0 Å². The minimum atomic E-state index is 0.600. The molecule has 0 bridgehead atoms. The molecule has 0 heterocycles. The summed E-state index contributed by atoms with van der Waals surface area (Å²) in [6, 6.07) is 16.4. The average molecular weight is 391 g/mol. The van der Waals surface area contributed by atoms with Gasteiger partial charge in [0.05, 0.1) is 0 Å². The molecule has 3 rings (SSSR count). The summed E-state index contributed by atoms with van der Waals surface area (Å²) in [6.45, 7) is 9.42. The maximum Gasteiger partial charge on any atom is 0.0107 e. The molecule has 0 heteroatoms. The third kappa shape index (κ3) is 5.14. The molecule has 3 unspecified atom stereocenters. The Bertz CT molecular complexity index is 756. The van der Waals surface area contributed by atoms with Crippen molar-refractivity contribution in [2.45, 2.75) is 97.8 Å². The zero-order chi connectivity index (χ0) is 20.6. The van der Waals surface area contributed by atoms with E-state index in [2.05, 4.69) is 70.2 Å². The molecule has 0 N–H and O–H groups in total. The van der Waals surface area contributed by atoms with Crippen molar-refractivity contribution in [2.75, 3.05) is 0 Å². The monoisotopic (exact) mass is 390 g/mol. The van der Waals surface area contributed by atoms with Crippen molar-refractivity contribution < 1.29 is 0 Å². The first kappa shape index (κ1) is 22.1. The van der Waals surface area contributed by atoms with Crippen molar-refractivity contribution in [3.63, 3.8) is 0 Å². The van der Waals surface area contributed by atoms with Gasteiger partial charge in [-0.25, -0.2) is 0 Å². The molecule has 2 aromatic carbocycles. The lowest BCUT2D eigenvalue weighted by atomic mass is 9.80. The van der Waals surface area contributed by atoms with Gasteiger partial charge in [-0.05, 0) is 52.5 Å². The predicted molar refractivity (Wildman–Crippen MR) is 129 cm³/mol. The molecule has 158 valence electrons. The van der Waals surface area contributed by atoms with E-state index >= 15 is 0 Å². The van der Waals surface area contributed by atoms with Crippen molar-refractivity contribution in [1.29, 1.82) is 0 Å². The number of benzene rings is 2. The van der Waals surface area contributed by atoms with Gasteiger partial charge in [0.25, 0.3) is 0 Å². The minimum absolute atomic E-state index is 0.600. The van der Waals surface area contributed by atoms with Gasteiger partial charge in [-0.15, -0.1) is 0 Å². The summed E-state index contributed by atoms with van der Waals surface area (Å²) in [5.41, 5.74) is 7.93. The standard InChI is InChI=1S/C29H42/c1-5-9-14-22(7-3)20-24-16-13-19-27-25-17-11-12-18-26(25)28(29(24)27)21-23(8-4)15-10-6-2/h11-13,16-19,22-23,28H,5-10,14-15,20-21H2,1-4H3. The Labute approximate surface area is 180 Å². The van der Waals surface area contributed by atoms with Crippen molar-refractivity contribution in [2.24, 2.45) is 11.8 Å². The second kappa shape index (κ2) is 11.0. The molecule has 0 saturated carbocycles. The van der Waals surface area contributed by atoms with Gasteiger partial charge in [0.1, 0.15) is 0 Å². The highest BCUT2D eigenvalue weighted by molar-refractivity contribution is 5.80. The van der Waals surface area contributed by atoms with Crippen LogP contribution in [0.3, 0.4) is 0 Å². The molecule has 1 aliphatic carbocycles. The van der Waals surface area contributed by atoms with Gasteiger partial charge in [0.2, 0.25) is 0 Å². The van der Waals surface area contributed by atoms with Crippen LogP contribution in [0.5, 0.6) is 0 Å². The second-order valence-electron chi connectivity index (χ2n) is 9.29. The number of hydrogen-bond acceptors (Lipinski definition) is 0. The number of rotatable bonds is 12. The van der Waals surface area contributed by atoms with Crippen LogP contribution in [0.2, 0.25) is 0 Å². The summed E-state index contributed by atoms with van der Waals surface area (Å²) in [4.78, 5) is 0. The fraction of sp³-hybridized carbons (Fsp3) is 0.586. The molecule has 0 saturated heterocycles. The first-order valence-electron chi connectivity index (χ1n) is 12.4. The third-order valence-corrected chi connectivity index (χ3v) is 7.34. The second-order valence-corrected chi connectivity index (χ2v) is 9.29. The lowest BCUT2D eigenvalue weighted by Crippen LogP contribution is -2.11. The van der Waals surface area contributed by atoms with Gasteiger partial charge in [0, 0.05) is 5.92 Å². The molecule has 29 heavy (non-hydrogen) atoms. The molecular formula is C29H42. The minimum Gasteiger partial charge on any atom is -0.0654 e. The molecule has 1 aliphatic rings. The maximum absolute atomic E-state index is 2.44. The average Bonchev–Trinajstić information content (AvgIpc) is 3.08. The zero-order valence-corrected chi connectivity index (χ0v) is 19.3. The largest absolute Gasteiger partial charge is 0.0654 e. The van der Waals surface area contributed by atoms with Gasteiger partial charge in [0.15, 0.2) is 0 Å². The van der Waals surface area contributed by atoms with Crippen molar-refractivity contribution in [1.82, 2.24) is 0 Å². The van der Waals surface area contributed by atoms with E-state index in [1.165, 1.54) is 75.3 Å². The van der Waals surface area contributed by atoms with Crippen molar-refractivity contribution in [3.05, 3.63) is 59.2 Å². The number of fused-ring (bicyclic) bond motifs is 3. The quantitative estimate of drug-likeness (QED) is 0.339. The molecular weight excluding hydrogens is 348 g/mol. The highest BCUT2D eigenvalue weighted by atomic mass is 14.4. The van der Waals surface area contributed by atoms with E-state index < -0.39 is 0 Å². The van der Waals surface area contributed by atoms with E-state index in [-0.39, 0.29) is 0 Å². The predicted octanol–water partition coefficient (Wildman–Crippen LogP) is 9.16. The van der Waals surface area contributed by atoms with Gasteiger partial charge in [-0.2, -0.15) is 0 Å². The lowest BCUT2D eigenvalue weighted by Gasteiger charge is -2.24. The highest BCUT2D eigenvalue weighted by Crippen LogP contribution is 2.50. The van der Waals surface area contributed by atoms with Crippen molar-refractivity contribution in [3.8, 4) is 11.1 Å². The first-order chi connectivity index (χ1) is 14.2. The molecule has 0 spiro atoms. The van der Waals surface area contributed by atoms with Crippen LogP contribution in [0.1, 0.15) is 108 Å². The van der Waals surface area contributed by atoms with Crippen LogP contribution in [-0.2, 0) is 6.42 Å². The Balaban J connectivity index is 1.94. The highest BCUT2D eigenvalue weighted by Gasteiger charge is 2.32. The molecule has 0 nitrogen and oxygen atoms in total. The lowest BCUT2D eigenvalue weighted by molar-refractivity contribution is 0.402. The van der Waals surface area contributed by atoms with E-state index in [1.54, 1.807) is 16.7 Å². The Morgan fingerprint density at radius 3 is 2.07 bits per heavy atom. The van der Waals surface area contributed by atoms with Crippen LogP contribution in [-0.4, -0.2) is 0 Å². The summed E-state index contributed by atoms with van der Waals surface area (Å²) >= 11 is 0. The van der Waals surface area contributed by atoms with Gasteiger partial charge in [-0.1, -0.05) is 122 Å². The SMILES string of the molecule is CCCCC(CC)Cc1cccc2c1C(CC(CC)CCCC)c1ccccc1-2. The number of unbranched alkanes of at least 4 members (excludes halogenated alkanes) is 2.